The molecular weight excluding hydrogens is 337 g/mol. The van der Waals surface area contributed by atoms with Crippen LogP contribution in [0.25, 0.3) is 11.3 Å². The second-order valence-corrected chi connectivity index (χ2v) is 5.50. The maximum Gasteiger partial charge on any atom is 0.0978 e. The van der Waals surface area contributed by atoms with Crippen LogP contribution in [-0.2, 0) is 13.6 Å². The van der Waals surface area contributed by atoms with Gasteiger partial charge >= 0.3 is 0 Å². The summed E-state index contributed by atoms with van der Waals surface area (Å²) in [6.07, 6.45) is 3.25. The molecule has 0 bridgehead atoms. The van der Waals surface area contributed by atoms with Crippen LogP contribution >= 0.6 is 22.6 Å². The van der Waals surface area contributed by atoms with Gasteiger partial charge in [0.25, 0.3) is 0 Å². The largest absolute Gasteiger partial charge is 0.313 e. The second-order valence-electron chi connectivity index (χ2n) is 4.33. The molecule has 0 aliphatic carbocycles. The van der Waals surface area contributed by atoms with Crippen LogP contribution in [0, 0.1) is 3.57 Å². The molecule has 0 amide bonds. The lowest BCUT2D eigenvalue weighted by Crippen LogP contribution is -2.13. The smallest absolute Gasteiger partial charge is 0.0978 e. The minimum absolute atomic E-state index is 0.877. The second kappa shape index (κ2) is 6.33. The van der Waals surface area contributed by atoms with E-state index in [1.165, 1.54) is 14.7 Å². The molecule has 0 saturated heterocycles. The number of hydrogen-bond acceptors (Lipinski definition) is 2. The Labute approximate surface area is 122 Å². The number of aryl methyl sites for hydroxylation is 1. The van der Waals surface area contributed by atoms with Crippen molar-refractivity contribution in [2.45, 2.75) is 19.9 Å². The number of nitrogens with one attached hydrogen (secondary N) is 1. The van der Waals surface area contributed by atoms with E-state index in [1.54, 1.807) is 0 Å². The fourth-order valence-corrected chi connectivity index (χ4v) is 2.59. The Balaban J connectivity index is 2.30. The average molecular weight is 355 g/mol. The number of halogens is 1. The highest BCUT2D eigenvalue weighted by Crippen LogP contribution is 2.26. The van der Waals surface area contributed by atoms with Crippen LogP contribution in [0.5, 0.6) is 0 Å². The average Bonchev–Trinajstić information content (AvgIpc) is 2.71. The van der Waals surface area contributed by atoms with Gasteiger partial charge in [0.2, 0.25) is 0 Å². The molecule has 1 N–H and O–H groups in total. The molecule has 2 rings (SSSR count). The normalized spacial score (nSPS) is 10.8. The first-order valence-electron chi connectivity index (χ1n) is 6.20. The monoisotopic (exact) mass is 355 g/mol. The van der Waals surface area contributed by atoms with E-state index in [0.29, 0.717) is 0 Å². The van der Waals surface area contributed by atoms with E-state index in [4.69, 9.17) is 0 Å². The molecule has 0 fully saturated rings. The van der Waals surface area contributed by atoms with Gasteiger partial charge in [0.15, 0.2) is 0 Å². The highest BCUT2D eigenvalue weighted by molar-refractivity contribution is 14.1. The van der Waals surface area contributed by atoms with Crippen molar-refractivity contribution in [3.05, 3.63) is 39.6 Å². The van der Waals surface area contributed by atoms with Crippen LogP contribution in [0.3, 0.4) is 0 Å². The van der Waals surface area contributed by atoms with Crippen molar-refractivity contribution in [2.24, 2.45) is 7.05 Å². The van der Waals surface area contributed by atoms with Crippen molar-refractivity contribution in [1.29, 1.82) is 0 Å². The SMILES string of the molecule is CCCNCc1cn(C)nc1-c1ccccc1I. The molecule has 0 unspecified atom stereocenters. The summed E-state index contributed by atoms with van der Waals surface area (Å²) in [5.74, 6) is 0. The van der Waals surface area contributed by atoms with Crippen molar-refractivity contribution in [1.82, 2.24) is 15.1 Å². The van der Waals surface area contributed by atoms with Crippen LogP contribution in [0.1, 0.15) is 18.9 Å². The Morgan fingerprint density at radius 2 is 2.11 bits per heavy atom. The summed E-state index contributed by atoms with van der Waals surface area (Å²) >= 11 is 2.37. The predicted molar refractivity (Wildman–Crippen MR) is 83.4 cm³/mol. The van der Waals surface area contributed by atoms with Crippen LogP contribution < -0.4 is 5.32 Å². The summed E-state index contributed by atoms with van der Waals surface area (Å²) < 4.78 is 3.13. The van der Waals surface area contributed by atoms with E-state index in [0.717, 1.165) is 25.2 Å². The minimum Gasteiger partial charge on any atom is -0.313 e. The summed E-state index contributed by atoms with van der Waals surface area (Å²) in [5.41, 5.74) is 3.56. The zero-order chi connectivity index (χ0) is 13.0. The van der Waals surface area contributed by atoms with Crippen LogP contribution in [0.2, 0.25) is 0 Å². The first-order chi connectivity index (χ1) is 8.72. The number of hydrogen-bond donors (Lipinski definition) is 1. The van der Waals surface area contributed by atoms with Gasteiger partial charge in [-0.05, 0) is 41.6 Å². The zero-order valence-electron chi connectivity index (χ0n) is 10.8. The Bertz CT molecular complexity index is 520. The number of aromatic nitrogens is 2. The lowest BCUT2D eigenvalue weighted by atomic mass is 10.1. The Hall–Kier alpha value is -0.880. The quantitative estimate of drug-likeness (QED) is 0.660. The molecule has 4 heteroatoms. The van der Waals surface area contributed by atoms with Crippen LogP contribution in [0.4, 0.5) is 0 Å². The first-order valence-corrected chi connectivity index (χ1v) is 7.28. The van der Waals surface area contributed by atoms with E-state index in [1.807, 2.05) is 11.7 Å². The van der Waals surface area contributed by atoms with Gasteiger partial charge in [0.1, 0.15) is 0 Å². The summed E-state index contributed by atoms with van der Waals surface area (Å²) in [5, 5.41) is 8.03. The Morgan fingerprint density at radius 1 is 1.33 bits per heavy atom. The van der Waals surface area contributed by atoms with Gasteiger partial charge in [-0.15, -0.1) is 0 Å². The maximum absolute atomic E-state index is 4.59. The van der Waals surface area contributed by atoms with E-state index in [2.05, 4.69) is 70.4 Å². The molecule has 0 atom stereocenters. The van der Waals surface area contributed by atoms with Crippen LogP contribution in [-0.4, -0.2) is 16.3 Å². The van der Waals surface area contributed by atoms with E-state index >= 15 is 0 Å². The van der Waals surface area contributed by atoms with Gasteiger partial charge in [-0.2, -0.15) is 5.10 Å². The van der Waals surface area contributed by atoms with Crippen molar-refractivity contribution in [3.8, 4) is 11.3 Å². The fourth-order valence-electron chi connectivity index (χ4n) is 1.95. The minimum atomic E-state index is 0.877. The van der Waals surface area contributed by atoms with Crippen LogP contribution in [0.15, 0.2) is 30.5 Å². The molecule has 0 radical (unpaired) electrons. The third-order valence-corrected chi connectivity index (χ3v) is 3.72. The molecule has 0 saturated carbocycles. The molecule has 3 nitrogen and oxygen atoms in total. The molecule has 2 aromatic rings. The molecule has 1 aromatic heterocycles. The van der Waals surface area contributed by atoms with Crippen molar-refractivity contribution in [3.63, 3.8) is 0 Å². The molecule has 0 aliphatic rings. The maximum atomic E-state index is 4.59. The Morgan fingerprint density at radius 3 is 2.83 bits per heavy atom. The Kier molecular flexibility index (Phi) is 4.77. The molecule has 1 aromatic carbocycles. The van der Waals surface area contributed by atoms with Crippen molar-refractivity contribution in [2.75, 3.05) is 6.54 Å². The van der Waals surface area contributed by atoms with Crippen molar-refractivity contribution < 1.29 is 0 Å². The summed E-state index contributed by atoms with van der Waals surface area (Å²) in [6.45, 7) is 4.10. The van der Waals surface area contributed by atoms with Gasteiger partial charge < -0.3 is 5.32 Å². The number of rotatable bonds is 5. The van der Waals surface area contributed by atoms with Crippen molar-refractivity contribution >= 4 is 22.6 Å². The first kappa shape index (κ1) is 13.5. The lowest BCUT2D eigenvalue weighted by molar-refractivity contribution is 0.675. The third kappa shape index (κ3) is 3.11. The van der Waals surface area contributed by atoms with Gasteiger partial charge in [0, 0.05) is 34.5 Å². The summed E-state index contributed by atoms with van der Waals surface area (Å²) in [7, 11) is 1.97. The molecule has 18 heavy (non-hydrogen) atoms. The summed E-state index contributed by atoms with van der Waals surface area (Å²) in [6, 6.07) is 8.37. The topological polar surface area (TPSA) is 29.9 Å². The van der Waals surface area contributed by atoms with E-state index in [-0.39, 0.29) is 0 Å². The van der Waals surface area contributed by atoms with Gasteiger partial charge in [0.05, 0.1) is 5.69 Å². The molecular formula is C14H18IN3. The van der Waals surface area contributed by atoms with Gasteiger partial charge in [-0.1, -0.05) is 25.1 Å². The molecule has 1 heterocycles. The van der Waals surface area contributed by atoms with E-state index in [9.17, 15) is 0 Å². The molecule has 96 valence electrons. The van der Waals surface area contributed by atoms with Gasteiger partial charge in [-0.3, -0.25) is 4.68 Å². The third-order valence-electron chi connectivity index (χ3n) is 2.78. The zero-order valence-corrected chi connectivity index (χ0v) is 12.9. The molecule has 0 aliphatic heterocycles. The van der Waals surface area contributed by atoms with E-state index < -0.39 is 0 Å². The van der Waals surface area contributed by atoms with Gasteiger partial charge in [-0.25, -0.2) is 0 Å². The summed E-state index contributed by atoms with van der Waals surface area (Å²) in [4.78, 5) is 0. The standard InChI is InChI=1S/C14H18IN3/c1-3-8-16-9-11-10-18(2)17-14(11)12-6-4-5-7-13(12)15/h4-7,10,16H,3,8-9H2,1-2H3. The fraction of sp³-hybridized carbons (Fsp3) is 0.357. The highest BCUT2D eigenvalue weighted by atomic mass is 127. The molecule has 0 spiro atoms. The predicted octanol–water partition coefficient (Wildman–Crippen LogP) is 3.19. The number of benzene rings is 1. The highest BCUT2D eigenvalue weighted by Gasteiger charge is 2.11. The lowest BCUT2D eigenvalue weighted by Gasteiger charge is -2.05. The number of nitrogens with zero attached hydrogens (tertiary/aromatic N) is 2.